The van der Waals surface area contributed by atoms with E-state index in [1.807, 2.05) is 26.0 Å². The van der Waals surface area contributed by atoms with Gasteiger partial charge in [0.15, 0.2) is 5.78 Å². The fourth-order valence-corrected chi connectivity index (χ4v) is 2.06. The van der Waals surface area contributed by atoms with Crippen molar-refractivity contribution in [1.82, 2.24) is 4.90 Å². The van der Waals surface area contributed by atoms with Gasteiger partial charge in [0.05, 0.1) is 6.54 Å². The molecule has 0 radical (unpaired) electrons. The van der Waals surface area contributed by atoms with E-state index in [0.29, 0.717) is 11.6 Å². The number of carbonyl (C=O) groups is 2. The predicted molar refractivity (Wildman–Crippen MR) is 88.4 cm³/mol. The van der Waals surface area contributed by atoms with Gasteiger partial charge in [0.2, 0.25) is 0 Å². The Morgan fingerprint density at radius 1 is 1.27 bits per heavy atom. The Morgan fingerprint density at radius 3 is 2.41 bits per heavy atom. The minimum Gasteiger partial charge on any atom is -0.444 e. The number of Topliss-reactive ketones (excluding diaryl/α,β-unsaturated/α-hetero) is 1. The topological polar surface area (TPSA) is 46.6 Å². The second-order valence-corrected chi connectivity index (χ2v) is 6.70. The molecule has 0 aliphatic heterocycles. The molecule has 122 valence electrons. The number of halogens is 1. The van der Waals surface area contributed by atoms with Crippen LogP contribution in [-0.4, -0.2) is 35.5 Å². The van der Waals surface area contributed by atoms with Crippen LogP contribution in [0, 0.1) is 6.92 Å². The van der Waals surface area contributed by atoms with Gasteiger partial charge in [0.1, 0.15) is 5.60 Å². The molecule has 0 atom stereocenters. The first-order valence-corrected chi connectivity index (χ1v) is 7.75. The minimum atomic E-state index is -0.569. The molecule has 0 aromatic heterocycles. The van der Waals surface area contributed by atoms with Crippen molar-refractivity contribution >= 4 is 23.5 Å². The Morgan fingerprint density at radius 2 is 1.91 bits per heavy atom. The zero-order valence-corrected chi connectivity index (χ0v) is 14.7. The molecule has 1 aromatic rings. The SMILES string of the molecule is CCN(CC(=O)Cc1ccc(Cl)c(C)c1)C(=O)OC(C)(C)C. The van der Waals surface area contributed by atoms with Gasteiger partial charge in [-0.3, -0.25) is 4.79 Å². The molecule has 5 heteroatoms. The molecule has 0 unspecified atom stereocenters. The largest absolute Gasteiger partial charge is 0.444 e. The molecule has 1 aromatic carbocycles. The molecule has 1 amide bonds. The van der Waals surface area contributed by atoms with Crippen molar-refractivity contribution in [3.63, 3.8) is 0 Å². The number of carbonyl (C=O) groups excluding carboxylic acids is 2. The molecule has 0 fully saturated rings. The fourth-order valence-electron chi connectivity index (χ4n) is 1.95. The van der Waals surface area contributed by atoms with Crippen molar-refractivity contribution in [2.75, 3.05) is 13.1 Å². The highest BCUT2D eigenvalue weighted by atomic mass is 35.5. The average molecular weight is 326 g/mol. The van der Waals surface area contributed by atoms with Crippen LogP contribution in [0.25, 0.3) is 0 Å². The molecule has 1 rings (SSSR count). The maximum atomic E-state index is 12.2. The quantitative estimate of drug-likeness (QED) is 0.821. The van der Waals surface area contributed by atoms with Gasteiger partial charge >= 0.3 is 6.09 Å². The lowest BCUT2D eigenvalue weighted by Gasteiger charge is -2.26. The summed E-state index contributed by atoms with van der Waals surface area (Å²) in [6.45, 7) is 9.61. The summed E-state index contributed by atoms with van der Waals surface area (Å²) in [5.41, 5.74) is 1.26. The van der Waals surface area contributed by atoms with Crippen molar-refractivity contribution in [3.8, 4) is 0 Å². The van der Waals surface area contributed by atoms with E-state index in [0.717, 1.165) is 11.1 Å². The summed E-state index contributed by atoms with van der Waals surface area (Å²) < 4.78 is 5.29. The van der Waals surface area contributed by atoms with Crippen molar-refractivity contribution < 1.29 is 14.3 Å². The van der Waals surface area contributed by atoms with Gasteiger partial charge in [-0.15, -0.1) is 0 Å². The zero-order valence-electron chi connectivity index (χ0n) is 13.9. The second kappa shape index (κ2) is 7.63. The van der Waals surface area contributed by atoms with Gasteiger partial charge in [0.25, 0.3) is 0 Å². The number of hydrogen-bond acceptors (Lipinski definition) is 3. The first kappa shape index (κ1) is 18.5. The van der Waals surface area contributed by atoms with Crippen molar-refractivity contribution in [2.24, 2.45) is 0 Å². The number of benzene rings is 1. The highest BCUT2D eigenvalue weighted by molar-refractivity contribution is 6.31. The van der Waals surface area contributed by atoms with Crippen LogP contribution in [0.15, 0.2) is 18.2 Å². The molecule has 4 nitrogen and oxygen atoms in total. The standard InChI is InChI=1S/C17H24ClNO3/c1-6-19(16(21)22-17(3,4)5)11-14(20)10-13-7-8-15(18)12(2)9-13/h7-9H,6,10-11H2,1-5H3. The van der Waals surface area contributed by atoms with E-state index in [-0.39, 0.29) is 18.7 Å². The first-order chi connectivity index (χ1) is 10.1. The summed E-state index contributed by atoms with van der Waals surface area (Å²) in [5.74, 6) is -0.0329. The molecular weight excluding hydrogens is 302 g/mol. The van der Waals surface area contributed by atoms with Gasteiger partial charge < -0.3 is 9.64 Å². The molecule has 0 spiro atoms. The summed E-state index contributed by atoms with van der Waals surface area (Å²) in [4.78, 5) is 25.6. The Bertz CT molecular complexity index is 549. The zero-order chi connectivity index (χ0) is 16.9. The Balaban J connectivity index is 2.65. The third kappa shape index (κ3) is 6.06. The maximum Gasteiger partial charge on any atom is 0.410 e. The number of aryl methyl sites for hydroxylation is 1. The molecule has 0 aliphatic carbocycles. The smallest absolute Gasteiger partial charge is 0.410 e. The number of nitrogens with zero attached hydrogens (tertiary/aromatic N) is 1. The van der Waals surface area contributed by atoms with Gasteiger partial charge in [0, 0.05) is 18.0 Å². The highest BCUT2D eigenvalue weighted by Gasteiger charge is 2.22. The van der Waals surface area contributed by atoms with Crippen LogP contribution in [0.4, 0.5) is 4.79 Å². The van der Waals surface area contributed by atoms with Crippen LogP contribution < -0.4 is 0 Å². The number of ether oxygens (including phenoxy) is 1. The number of likely N-dealkylation sites (N-methyl/N-ethyl adjacent to an activating group) is 1. The second-order valence-electron chi connectivity index (χ2n) is 6.29. The van der Waals surface area contributed by atoms with Crippen molar-refractivity contribution in [1.29, 1.82) is 0 Å². The summed E-state index contributed by atoms with van der Waals surface area (Å²) in [6.07, 6.45) is -0.187. The third-order valence-electron chi connectivity index (χ3n) is 3.02. The predicted octanol–water partition coefficient (Wildman–Crippen LogP) is 4.02. The molecule has 0 N–H and O–H groups in total. The van der Waals surface area contributed by atoms with E-state index >= 15 is 0 Å². The van der Waals surface area contributed by atoms with Crippen molar-refractivity contribution in [3.05, 3.63) is 34.3 Å². The van der Waals surface area contributed by atoms with Gasteiger partial charge in [-0.1, -0.05) is 23.7 Å². The van der Waals surface area contributed by atoms with E-state index in [2.05, 4.69) is 0 Å². The molecule has 0 saturated carbocycles. The van der Waals surface area contributed by atoms with E-state index in [4.69, 9.17) is 16.3 Å². The Labute approximate surface area is 137 Å². The number of ketones is 1. The molecule has 0 aliphatic rings. The van der Waals surface area contributed by atoms with Crippen LogP contribution in [0.5, 0.6) is 0 Å². The number of hydrogen-bond donors (Lipinski definition) is 0. The molecule has 22 heavy (non-hydrogen) atoms. The monoisotopic (exact) mass is 325 g/mol. The number of amides is 1. The maximum absolute atomic E-state index is 12.2. The highest BCUT2D eigenvalue weighted by Crippen LogP contribution is 2.17. The summed E-state index contributed by atoms with van der Waals surface area (Å²) in [6, 6.07) is 5.51. The van der Waals surface area contributed by atoms with E-state index in [1.165, 1.54) is 4.90 Å². The lowest BCUT2D eigenvalue weighted by atomic mass is 10.1. The third-order valence-corrected chi connectivity index (χ3v) is 3.45. The van der Waals surface area contributed by atoms with E-state index in [9.17, 15) is 9.59 Å². The van der Waals surface area contributed by atoms with Gasteiger partial charge in [-0.2, -0.15) is 0 Å². The normalized spacial score (nSPS) is 11.2. The molecule has 0 heterocycles. The van der Waals surface area contributed by atoms with Gasteiger partial charge in [-0.05, 0) is 51.8 Å². The van der Waals surface area contributed by atoms with E-state index < -0.39 is 11.7 Å². The minimum absolute atomic E-state index is 0.0329. The lowest BCUT2D eigenvalue weighted by Crippen LogP contribution is -2.40. The summed E-state index contributed by atoms with van der Waals surface area (Å²) >= 11 is 5.97. The van der Waals surface area contributed by atoms with Crippen LogP contribution >= 0.6 is 11.6 Å². The number of rotatable bonds is 5. The molecule has 0 saturated heterocycles. The van der Waals surface area contributed by atoms with E-state index in [1.54, 1.807) is 26.8 Å². The van der Waals surface area contributed by atoms with Crippen molar-refractivity contribution in [2.45, 2.75) is 46.6 Å². The Kier molecular flexibility index (Phi) is 6.42. The molecular formula is C17H24ClNO3. The lowest BCUT2D eigenvalue weighted by molar-refractivity contribution is -0.119. The van der Waals surface area contributed by atoms with Crippen LogP contribution in [0.3, 0.4) is 0 Å². The van der Waals surface area contributed by atoms with Crippen LogP contribution in [-0.2, 0) is 16.0 Å². The van der Waals surface area contributed by atoms with Crippen LogP contribution in [0.2, 0.25) is 5.02 Å². The molecule has 0 bridgehead atoms. The fraction of sp³-hybridized carbons (Fsp3) is 0.529. The first-order valence-electron chi connectivity index (χ1n) is 7.37. The van der Waals surface area contributed by atoms with Crippen LogP contribution in [0.1, 0.15) is 38.8 Å². The summed E-state index contributed by atoms with van der Waals surface area (Å²) in [5, 5.41) is 0.681. The Hall–Kier alpha value is -1.55. The van der Waals surface area contributed by atoms with Gasteiger partial charge in [-0.25, -0.2) is 4.79 Å². The average Bonchev–Trinajstić information content (AvgIpc) is 2.38. The summed E-state index contributed by atoms with van der Waals surface area (Å²) in [7, 11) is 0.